The predicted octanol–water partition coefficient (Wildman–Crippen LogP) is 5.04. The van der Waals surface area contributed by atoms with Crippen molar-refractivity contribution < 1.29 is 22.7 Å². The fourth-order valence-corrected chi connectivity index (χ4v) is 5.34. The molecule has 0 saturated carbocycles. The second kappa shape index (κ2) is 13.1. The third kappa shape index (κ3) is 7.08. The van der Waals surface area contributed by atoms with E-state index in [1.54, 1.807) is 24.3 Å². The number of hydrogen-bond donors (Lipinski definition) is 2. The van der Waals surface area contributed by atoms with E-state index in [2.05, 4.69) is 15.0 Å². The Labute approximate surface area is 239 Å². The summed E-state index contributed by atoms with van der Waals surface area (Å²) in [5.41, 5.74) is 1.47. The quantitative estimate of drug-likeness (QED) is 0.320. The van der Waals surface area contributed by atoms with Crippen LogP contribution in [0.5, 0.6) is 5.75 Å². The Kier molecular flexibility index (Phi) is 9.59. The maximum absolute atomic E-state index is 13.3. The molecule has 1 aliphatic heterocycles. The molecule has 2 amide bonds. The van der Waals surface area contributed by atoms with E-state index in [9.17, 15) is 18.0 Å². The summed E-state index contributed by atoms with van der Waals surface area (Å²) in [5, 5.41) is 2.67. The van der Waals surface area contributed by atoms with Crippen molar-refractivity contribution in [2.75, 3.05) is 29.9 Å². The molecule has 0 spiro atoms. The van der Waals surface area contributed by atoms with Crippen LogP contribution in [-0.4, -0.2) is 49.9 Å². The number of ether oxygens (including phenoxy) is 1. The zero-order valence-electron chi connectivity index (χ0n) is 22.4. The van der Waals surface area contributed by atoms with E-state index in [1.807, 2.05) is 24.8 Å². The first-order chi connectivity index (χ1) is 19.2. The van der Waals surface area contributed by atoms with Crippen LogP contribution < -0.4 is 19.7 Å². The number of hydrogen-bond acceptors (Lipinski definition) is 8. The van der Waals surface area contributed by atoms with Gasteiger partial charge in [0.1, 0.15) is 17.4 Å². The molecule has 40 heavy (non-hydrogen) atoms. The summed E-state index contributed by atoms with van der Waals surface area (Å²) in [7, 11) is -4.34. The van der Waals surface area contributed by atoms with Gasteiger partial charge in [-0.25, -0.2) is 14.7 Å². The lowest BCUT2D eigenvalue weighted by Crippen LogP contribution is -2.33. The zero-order valence-corrected chi connectivity index (χ0v) is 24.0. The first-order valence-electron chi connectivity index (χ1n) is 13.2. The minimum absolute atomic E-state index is 0.0859. The molecule has 0 atom stereocenters. The van der Waals surface area contributed by atoms with E-state index in [-0.39, 0.29) is 28.7 Å². The number of anilines is 2. The molecule has 0 bridgehead atoms. The highest BCUT2D eigenvalue weighted by Crippen LogP contribution is 2.32. The van der Waals surface area contributed by atoms with Gasteiger partial charge in [0.2, 0.25) is 5.91 Å². The fraction of sp³-hybridized carbons (Fsp3) is 0.357. The zero-order chi connectivity index (χ0) is 28.7. The van der Waals surface area contributed by atoms with Crippen LogP contribution >= 0.6 is 11.6 Å². The number of amides is 2. The molecular formula is C28H32ClN5O5S. The van der Waals surface area contributed by atoms with Crippen LogP contribution in [-0.2, 0) is 14.8 Å². The first-order valence-corrected chi connectivity index (χ1v) is 15.1. The Balaban J connectivity index is 1.62. The third-order valence-electron chi connectivity index (χ3n) is 6.18. The van der Waals surface area contributed by atoms with Crippen molar-refractivity contribution in [1.29, 1.82) is 0 Å². The molecule has 12 heteroatoms. The summed E-state index contributed by atoms with van der Waals surface area (Å²) in [5.74, 6) is -0.0879. The van der Waals surface area contributed by atoms with Gasteiger partial charge in [-0.2, -0.15) is 8.42 Å². The normalized spacial score (nSPS) is 13.2. The average Bonchev–Trinajstić information content (AvgIpc) is 3.47. The van der Waals surface area contributed by atoms with Gasteiger partial charge in [-0.15, -0.1) is 0 Å². The highest BCUT2D eigenvalue weighted by Gasteiger charge is 2.26. The lowest BCUT2D eigenvalue weighted by atomic mass is 10.1. The molecule has 4 rings (SSSR count). The fourth-order valence-electron chi connectivity index (χ4n) is 4.24. The highest BCUT2D eigenvalue weighted by molar-refractivity contribution is 7.90. The Morgan fingerprint density at radius 2 is 1.80 bits per heavy atom. The van der Waals surface area contributed by atoms with E-state index < -0.39 is 15.9 Å². The van der Waals surface area contributed by atoms with Gasteiger partial charge in [-0.1, -0.05) is 37.6 Å². The molecule has 1 saturated heterocycles. The van der Waals surface area contributed by atoms with Gasteiger partial charge in [-0.05, 0) is 62.1 Å². The van der Waals surface area contributed by atoms with Crippen molar-refractivity contribution in [2.45, 2.75) is 51.0 Å². The largest absolute Gasteiger partial charge is 0.492 e. The van der Waals surface area contributed by atoms with E-state index in [1.165, 1.54) is 18.2 Å². The van der Waals surface area contributed by atoms with Crippen molar-refractivity contribution in [3.8, 4) is 17.0 Å². The number of carbonyl (C=O) groups excluding carboxylic acids is 2. The van der Waals surface area contributed by atoms with E-state index in [4.69, 9.17) is 21.3 Å². The molecule has 0 radical (unpaired) electrons. The van der Waals surface area contributed by atoms with Gasteiger partial charge in [0.25, 0.3) is 15.9 Å². The first kappa shape index (κ1) is 29.3. The summed E-state index contributed by atoms with van der Waals surface area (Å²) in [6.45, 7) is 5.76. The van der Waals surface area contributed by atoms with Crippen LogP contribution in [0.25, 0.3) is 11.3 Å². The number of rotatable bonds is 11. The molecular weight excluding hydrogens is 554 g/mol. The number of nitrogens with one attached hydrogen (secondary N) is 2. The van der Waals surface area contributed by atoms with Gasteiger partial charge in [-0.3, -0.25) is 9.59 Å². The number of halogens is 1. The van der Waals surface area contributed by atoms with Crippen LogP contribution in [0.15, 0.2) is 53.6 Å². The molecule has 3 aromatic rings. The standard InChI is InChI=1S/C28H32ClN5O5S/c1-3-8-25(35)31-24-9-7-10-26(32-24)40(37,38)33-28(36)20-12-14-22(30-27(20)34-15-5-6-16-34)19-11-13-21(29)23(18-19)39-17-4-2/h7,9-14,18H,3-6,8,15-17H2,1-2H3,(H,33,36)(H,31,32,35). The second-order valence-electron chi connectivity index (χ2n) is 9.35. The van der Waals surface area contributed by atoms with E-state index in [0.717, 1.165) is 24.8 Å². The Morgan fingerprint density at radius 3 is 2.52 bits per heavy atom. The Morgan fingerprint density at radius 1 is 1.02 bits per heavy atom. The van der Waals surface area contributed by atoms with Crippen LogP contribution in [0.2, 0.25) is 5.02 Å². The van der Waals surface area contributed by atoms with E-state index in [0.29, 0.717) is 48.4 Å². The van der Waals surface area contributed by atoms with Crippen molar-refractivity contribution in [2.24, 2.45) is 0 Å². The van der Waals surface area contributed by atoms with Crippen LogP contribution in [0.1, 0.15) is 56.3 Å². The predicted molar refractivity (Wildman–Crippen MR) is 154 cm³/mol. The van der Waals surface area contributed by atoms with Gasteiger partial charge >= 0.3 is 0 Å². The molecule has 2 aromatic heterocycles. The summed E-state index contributed by atoms with van der Waals surface area (Å²) < 4.78 is 34.0. The summed E-state index contributed by atoms with van der Waals surface area (Å²) in [6, 6.07) is 12.8. The minimum atomic E-state index is -4.34. The number of aromatic nitrogens is 2. The van der Waals surface area contributed by atoms with Crippen molar-refractivity contribution in [3.63, 3.8) is 0 Å². The van der Waals surface area contributed by atoms with Crippen LogP contribution in [0, 0.1) is 0 Å². The van der Waals surface area contributed by atoms with Crippen molar-refractivity contribution in [3.05, 3.63) is 59.1 Å². The van der Waals surface area contributed by atoms with Gasteiger partial charge in [0.05, 0.1) is 22.9 Å². The van der Waals surface area contributed by atoms with Gasteiger partial charge in [0, 0.05) is 25.1 Å². The highest BCUT2D eigenvalue weighted by atomic mass is 35.5. The van der Waals surface area contributed by atoms with Crippen LogP contribution in [0.3, 0.4) is 0 Å². The van der Waals surface area contributed by atoms with Crippen LogP contribution in [0.4, 0.5) is 11.6 Å². The van der Waals surface area contributed by atoms with Gasteiger partial charge < -0.3 is 15.0 Å². The van der Waals surface area contributed by atoms with Crippen molar-refractivity contribution >= 4 is 45.1 Å². The Bertz CT molecular complexity index is 1490. The van der Waals surface area contributed by atoms with Gasteiger partial charge in [0.15, 0.2) is 5.03 Å². The molecule has 2 N–H and O–H groups in total. The maximum Gasteiger partial charge on any atom is 0.281 e. The maximum atomic E-state index is 13.3. The molecule has 1 aromatic carbocycles. The summed E-state index contributed by atoms with van der Waals surface area (Å²) in [4.78, 5) is 36.0. The average molecular weight is 586 g/mol. The lowest BCUT2D eigenvalue weighted by Gasteiger charge is -2.21. The molecule has 0 unspecified atom stereocenters. The minimum Gasteiger partial charge on any atom is -0.492 e. The second-order valence-corrected chi connectivity index (χ2v) is 11.4. The Hall–Kier alpha value is -3.70. The molecule has 1 aliphatic rings. The van der Waals surface area contributed by atoms with E-state index >= 15 is 0 Å². The topological polar surface area (TPSA) is 131 Å². The number of sulfonamides is 1. The number of nitrogens with zero attached hydrogens (tertiary/aromatic N) is 3. The number of pyridine rings is 2. The number of carbonyl (C=O) groups is 2. The number of benzene rings is 1. The monoisotopic (exact) mass is 585 g/mol. The molecule has 10 nitrogen and oxygen atoms in total. The molecule has 1 fully saturated rings. The molecule has 3 heterocycles. The molecule has 212 valence electrons. The summed E-state index contributed by atoms with van der Waals surface area (Å²) in [6.07, 6.45) is 3.61. The SMILES string of the molecule is CCCOc1cc(-c2ccc(C(=O)NS(=O)(=O)c3cccc(NC(=O)CCC)n3)c(N3CCCC3)n2)ccc1Cl. The van der Waals surface area contributed by atoms with Crippen molar-refractivity contribution in [1.82, 2.24) is 14.7 Å². The summed E-state index contributed by atoms with van der Waals surface area (Å²) >= 11 is 6.29. The third-order valence-corrected chi connectivity index (χ3v) is 7.73. The smallest absolute Gasteiger partial charge is 0.281 e. The molecule has 0 aliphatic carbocycles. The lowest BCUT2D eigenvalue weighted by molar-refractivity contribution is -0.116.